The van der Waals surface area contributed by atoms with E-state index in [1.54, 1.807) is 12.6 Å². The number of carbonyl (C=O) groups is 1. The number of amides is 1. The first kappa shape index (κ1) is 30.6. The zero-order valence-electron chi connectivity index (χ0n) is 25.9. The van der Waals surface area contributed by atoms with Crippen molar-refractivity contribution in [3.05, 3.63) is 54.0 Å². The number of aromatic nitrogens is 3. The van der Waals surface area contributed by atoms with E-state index >= 15 is 0 Å². The van der Waals surface area contributed by atoms with Crippen molar-refractivity contribution in [3.63, 3.8) is 0 Å². The van der Waals surface area contributed by atoms with Gasteiger partial charge in [-0.05, 0) is 82.3 Å². The Morgan fingerprint density at radius 2 is 1.84 bits per heavy atom. The summed E-state index contributed by atoms with van der Waals surface area (Å²) in [7, 11) is 1.67. The molecule has 2 fully saturated rings. The molecule has 3 aromatic heterocycles. The van der Waals surface area contributed by atoms with Crippen molar-refractivity contribution in [2.24, 2.45) is 5.92 Å². The minimum Gasteiger partial charge on any atom is -0.493 e. The molecule has 6 rings (SSSR count). The van der Waals surface area contributed by atoms with Crippen LogP contribution >= 0.6 is 0 Å². The SMILES string of the molecule is COc1cc2c(NCC3CCN(c4ncc(C(=O)NO)cn4)CC3)cc(-c3ccc(C)o3)nc2cc1OCCCN1CCCC1. The number of benzene rings is 1. The van der Waals surface area contributed by atoms with Crippen LogP contribution in [0.2, 0.25) is 0 Å². The molecule has 0 saturated carbocycles. The van der Waals surface area contributed by atoms with Crippen LogP contribution in [0.15, 0.2) is 47.1 Å². The van der Waals surface area contributed by atoms with Gasteiger partial charge in [0.2, 0.25) is 5.95 Å². The molecule has 12 heteroatoms. The van der Waals surface area contributed by atoms with Crippen molar-refractivity contribution in [2.75, 3.05) is 63.2 Å². The van der Waals surface area contributed by atoms with E-state index in [4.69, 9.17) is 24.1 Å². The second-order valence-electron chi connectivity index (χ2n) is 11.8. The van der Waals surface area contributed by atoms with Crippen molar-refractivity contribution >= 4 is 28.4 Å². The third kappa shape index (κ3) is 7.29. The number of nitrogens with one attached hydrogen (secondary N) is 2. The van der Waals surface area contributed by atoms with E-state index in [1.165, 1.54) is 38.3 Å². The van der Waals surface area contributed by atoms with Gasteiger partial charge < -0.3 is 29.0 Å². The molecule has 1 amide bonds. The number of hydrogen-bond donors (Lipinski definition) is 3. The number of nitrogens with zero attached hydrogens (tertiary/aromatic N) is 5. The number of anilines is 2. The number of fused-ring (bicyclic) bond motifs is 1. The average Bonchev–Trinajstić information content (AvgIpc) is 3.77. The van der Waals surface area contributed by atoms with Crippen molar-refractivity contribution in [2.45, 2.75) is 39.0 Å². The van der Waals surface area contributed by atoms with Crippen LogP contribution in [0.3, 0.4) is 0 Å². The van der Waals surface area contributed by atoms with E-state index in [1.807, 2.05) is 37.3 Å². The molecule has 2 saturated heterocycles. The van der Waals surface area contributed by atoms with Crippen LogP contribution < -0.4 is 25.2 Å². The molecule has 0 spiro atoms. The molecule has 1 aromatic carbocycles. The Bertz CT molecular complexity index is 1600. The lowest BCUT2D eigenvalue weighted by atomic mass is 9.96. The highest BCUT2D eigenvalue weighted by Crippen LogP contribution is 2.37. The second kappa shape index (κ2) is 14.1. The van der Waals surface area contributed by atoms with Gasteiger partial charge in [0.05, 0.1) is 24.8 Å². The Morgan fingerprint density at radius 1 is 1.07 bits per heavy atom. The topological polar surface area (TPSA) is 138 Å². The smallest absolute Gasteiger partial charge is 0.277 e. The minimum atomic E-state index is -0.630. The fourth-order valence-corrected chi connectivity index (χ4v) is 6.09. The normalized spacial score (nSPS) is 15.8. The molecule has 2 aliphatic heterocycles. The van der Waals surface area contributed by atoms with Crippen LogP contribution in [0.5, 0.6) is 11.5 Å². The summed E-state index contributed by atoms with van der Waals surface area (Å²) in [4.78, 5) is 29.8. The lowest BCUT2D eigenvalue weighted by Gasteiger charge is -2.32. The van der Waals surface area contributed by atoms with Crippen LogP contribution in [-0.4, -0.2) is 84.0 Å². The number of aryl methyl sites for hydroxylation is 1. The summed E-state index contributed by atoms with van der Waals surface area (Å²) in [5, 5.41) is 13.5. The van der Waals surface area contributed by atoms with E-state index in [0.29, 0.717) is 30.0 Å². The zero-order chi connectivity index (χ0) is 31.2. The average molecular weight is 616 g/mol. The fourth-order valence-electron chi connectivity index (χ4n) is 6.09. The molecule has 3 N–H and O–H groups in total. The summed E-state index contributed by atoms with van der Waals surface area (Å²) < 4.78 is 17.9. The predicted molar refractivity (Wildman–Crippen MR) is 171 cm³/mol. The first-order valence-corrected chi connectivity index (χ1v) is 15.7. The number of rotatable bonds is 12. The van der Waals surface area contributed by atoms with Gasteiger partial charge in [0.25, 0.3) is 5.91 Å². The monoisotopic (exact) mass is 615 g/mol. The van der Waals surface area contributed by atoms with Crippen molar-refractivity contribution in [3.8, 4) is 23.0 Å². The maximum Gasteiger partial charge on any atom is 0.277 e. The predicted octanol–water partition coefficient (Wildman–Crippen LogP) is 4.91. The van der Waals surface area contributed by atoms with Gasteiger partial charge in [-0.25, -0.2) is 20.4 Å². The molecule has 4 aromatic rings. The van der Waals surface area contributed by atoms with Gasteiger partial charge in [-0.3, -0.25) is 10.0 Å². The van der Waals surface area contributed by atoms with E-state index < -0.39 is 5.91 Å². The molecule has 0 bridgehead atoms. The summed E-state index contributed by atoms with van der Waals surface area (Å²) in [5.74, 6) is 3.32. The molecular formula is C33H41N7O5. The maximum atomic E-state index is 11.6. The minimum absolute atomic E-state index is 0.210. The van der Waals surface area contributed by atoms with Gasteiger partial charge in [0, 0.05) is 55.7 Å². The van der Waals surface area contributed by atoms with Gasteiger partial charge in [0.15, 0.2) is 17.3 Å². The number of pyridine rings is 1. The Labute approximate surface area is 262 Å². The van der Waals surface area contributed by atoms with Crippen molar-refractivity contribution in [1.82, 2.24) is 25.3 Å². The van der Waals surface area contributed by atoms with E-state index in [9.17, 15) is 4.79 Å². The number of likely N-dealkylation sites (tertiary alicyclic amines) is 1. The van der Waals surface area contributed by atoms with Gasteiger partial charge in [-0.15, -0.1) is 0 Å². The lowest BCUT2D eigenvalue weighted by Crippen LogP contribution is -2.37. The number of methoxy groups -OCH3 is 1. The van der Waals surface area contributed by atoms with Gasteiger partial charge >= 0.3 is 0 Å². The first-order valence-electron chi connectivity index (χ1n) is 15.7. The quantitative estimate of drug-likeness (QED) is 0.114. The van der Waals surface area contributed by atoms with Gasteiger partial charge in [0.1, 0.15) is 11.5 Å². The third-order valence-corrected chi connectivity index (χ3v) is 8.64. The molecule has 5 heterocycles. The highest BCUT2D eigenvalue weighted by atomic mass is 16.5. The van der Waals surface area contributed by atoms with Crippen LogP contribution in [0.4, 0.5) is 11.6 Å². The molecule has 2 aliphatic rings. The number of hydrogen-bond acceptors (Lipinski definition) is 11. The lowest BCUT2D eigenvalue weighted by molar-refractivity contribution is 0.0705. The van der Waals surface area contributed by atoms with Crippen molar-refractivity contribution < 1.29 is 23.9 Å². The summed E-state index contributed by atoms with van der Waals surface area (Å²) in [6.07, 6.45) is 8.31. The molecule has 0 radical (unpaired) electrons. The van der Waals surface area contributed by atoms with Crippen LogP contribution in [-0.2, 0) is 0 Å². The Balaban J connectivity index is 1.15. The third-order valence-electron chi connectivity index (χ3n) is 8.64. The van der Waals surface area contributed by atoms with Crippen LogP contribution in [0.1, 0.15) is 48.2 Å². The second-order valence-corrected chi connectivity index (χ2v) is 11.8. The summed E-state index contributed by atoms with van der Waals surface area (Å²) in [6.45, 7) is 8.36. The van der Waals surface area contributed by atoms with E-state index in [2.05, 4.69) is 25.1 Å². The summed E-state index contributed by atoms with van der Waals surface area (Å²) >= 11 is 0. The largest absolute Gasteiger partial charge is 0.493 e. The molecule has 0 atom stereocenters. The van der Waals surface area contributed by atoms with Gasteiger partial charge in [-0.1, -0.05) is 0 Å². The van der Waals surface area contributed by atoms with Crippen LogP contribution in [0.25, 0.3) is 22.4 Å². The zero-order valence-corrected chi connectivity index (χ0v) is 25.9. The molecule has 0 unspecified atom stereocenters. The van der Waals surface area contributed by atoms with Crippen LogP contribution in [0, 0.1) is 12.8 Å². The molecule has 0 aliphatic carbocycles. The Morgan fingerprint density at radius 3 is 2.53 bits per heavy atom. The fraction of sp³-hybridized carbons (Fsp3) is 0.455. The number of piperidine rings is 1. The van der Waals surface area contributed by atoms with Gasteiger partial charge in [-0.2, -0.15) is 0 Å². The number of hydroxylamine groups is 1. The standard InChI is InChI=1S/C33H41N7O5/c1-22-6-7-29(45-22)28-17-26(34-19-23-8-13-40(14-9-23)33-35-20-24(21-36-33)32(41)38-42)25-16-30(43-2)31(18-27(25)37-28)44-15-5-12-39-10-3-4-11-39/h6-7,16-18,20-21,23,42H,3-5,8-15,19H2,1-2H3,(H,34,37)(H,38,41). The maximum absolute atomic E-state index is 11.6. The molecule has 45 heavy (non-hydrogen) atoms. The highest BCUT2D eigenvalue weighted by Gasteiger charge is 2.22. The molecular weight excluding hydrogens is 574 g/mol. The highest BCUT2D eigenvalue weighted by molar-refractivity contribution is 5.95. The number of carbonyl (C=O) groups excluding carboxylic acids is 1. The first-order chi connectivity index (χ1) is 22.0. The Hall–Kier alpha value is -4.42. The molecule has 238 valence electrons. The van der Waals surface area contributed by atoms with E-state index in [-0.39, 0.29) is 5.56 Å². The number of ether oxygens (including phenoxy) is 2. The summed E-state index contributed by atoms with van der Waals surface area (Å²) in [6, 6.07) is 9.93. The van der Waals surface area contributed by atoms with Crippen molar-refractivity contribution in [1.29, 1.82) is 0 Å². The number of furan rings is 1. The molecule has 12 nitrogen and oxygen atoms in total. The summed E-state index contributed by atoms with van der Waals surface area (Å²) in [5.41, 5.74) is 4.35. The Kier molecular flexibility index (Phi) is 9.61. The van der Waals surface area contributed by atoms with E-state index in [0.717, 1.165) is 79.2 Å².